The Morgan fingerprint density at radius 2 is 0.837 bits per heavy atom. The number of carbonyl (C=O) groups is 4. The monoisotopic (exact) mass is 596 g/mol. The molecule has 2 saturated heterocycles. The largest absolute Gasteiger partial charge is 0.462 e. The first-order valence-electron chi connectivity index (χ1n) is 14.8. The molecule has 0 radical (unpaired) electrons. The number of ether oxygens (including phenoxy) is 6. The maximum Gasteiger partial charge on any atom is 0.338 e. The molecule has 2 aromatic carbocycles. The molecule has 0 unspecified atom stereocenters. The van der Waals surface area contributed by atoms with E-state index >= 15 is 0 Å². The molecule has 2 aliphatic rings. The highest BCUT2D eigenvalue weighted by Crippen LogP contribution is 2.32. The molecule has 0 saturated carbocycles. The van der Waals surface area contributed by atoms with E-state index in [4.69, 9.17) is 28.4 Å². The van der Waals surface area contributed by atoms with Gasteiger partial charge in [0.15, 0.2) is 0 Å². The van der Waals surface area contributed by atoms with Gasteiger partial charge in [-0.2, -0.15) is 0 Å². The fraction of sp³-hybridized carbons (Fsp3) is 0.515. The number of unbranched alkanes of at least 4 members (excludes halogenated alkanes) is 2. The normalized spacial score (nSPS) is 16.2. The Morgan fingerprint density at radius 3 is 1.09 bits per heavy atom. The molecule has 4 rings (SSSR count). The lowest BCUT2D eigenvalue weighted by atomic mass is 9.84. The molecular weight excluding hydrogens is 556 g/mol. The van der Waals surface area contributed by atoms with E-state index in [1.165, 1.54) is 0 Å². The summed E-state index contributed by atoms with van der Waals surface area (Å²) in [6.45, 7) is 7.55. The van der Waals surface area contributed by atoms with Crippen LogP contribution in [0, 0.1) is 10.8 Å². The zero-order chi connectivity index (χ0) is 30.7. The molecule has 2 aromatic rings. The minimum atomic E-state index is -0.475. The van der Waals surface area contributed by atoms with Crippen molar-refractivity contribution in [3.63, 3.8) is 0 Å². The van der Waals surface area contributed by atoms with E-state index in [0.717, 1.165) is 12.8 Å². The first kappa shape index (κ1) is 32.2. The maximum atomic E-state index is 12.3. The van der Waals surface area contributed by atoms with Gasteiger partial charge in [-0.05, 0) is 80.6 Å². The molecule has 0 bridgehead atoms. The second kappa shape index (κ2) is 15.1. The molecule has 2 aliphatic heterocycles. The third-order valence-electron chi connectivity index (χ3n) is 8.12. The van der Waals surface area contributed by atoms with Crippen LogP contribution in [-0.2, 0) is 28.4 Å². The van der Waals surface area contributed by atoms with Crippen LogP contribution in [0.3, 0.4) is 0 Å². The van der Waals surface area contributed by atoms with Gasteiger partial charge in [-0.15, -0.1) is 0 Å². The van der Waals surface area contributed by atoms with Gasteiger partial charge in [-0.1, -0.05) is 13.8 Å². The fourth-order valence-corrected chi connectivity index (χ4v) is 4.53. The van der Waals surface area contributed by atoms with Gasteiger partial charge in [0.05, 0.1) is 72.7 Å². The summed E-state index contributed by atoms with van der Waals surface area (Å²) < 4.78 is 32.0. The molecule has 43 heavy (non-hydrogen) atoms. The second-order valence-corrected chi connectivity index (χ2v) is 11.3. The average molecular weight is 597 g/mol. The quantitative estimate of drug-likeness (QED) is 0.148. The summed E-state index contributed by atoms with van der Waals surface area (Å²) in [5, 5.41) is 0. The van der Waals surface area contributed by atoms with E-state index in [2.05, 4.69) is 0 Å². The van der Waals surface area contributed by atoms with E-state index < -0.39 is 23.9 Å². The Morgan fingerprint density at radius 1 is 0.535 bits per heavy atom. The molecule has 2 heterocycles. The van der Waals surface area contributed by atoms with Crippen LogP contribution in [0.2, 0.25) is 0 Å². The first-order chi connectivity index (χ1) is 20.8. The molecule has 232 valence electrons. The zero-order valence-corrected chi connectivity index (χ0v) is 24.9. The lowest BCUT2D eigenvalue weighted by Gasteiger charge is -2.39. The smallest absolute Gasteiger partial charge is 0.338 e. The zero-order valence-electron chi connectivity index (χ0n) is 24.9. The molecule has 0 spiro atoms. The number of carbonyl (C=O) groups excluding carboxylic acids is 4. The van der Waals surface area contributed by atoms with Crippen molar-refractivity contribution in [3.05, 3.63) is 70.8 Å². The highest BCUT2D eigenvalue weighted by molar-refractivity contribution is 5.94. The number of rotatable bonds is 16. The van der Waals surface area contributed by atoms with Crippen LogP contribution >= 0.6 is 0 Å². The van der Waals surface area contributed by atoms with Crippen LogP contribution in [0.15, 0.2) is 48.5 Å². The van der Waals surface area contributed by atoms with Crippen LogP contribution in [0.25, 0.3) is 0 Å². The van der Waals surface area contributed by atoms with Gasteiger partial charge in [-0.25, -0.2) is 19.2 Å². The van der Waals surface area contributed by atoms with Gasteiger partial charge >= 0.3 is 23.9 Å². The number of hydrogen-bond acceptors (Lipinski definition) is 10. The van der Waals surface area contributed by atoms with Crippen molar-refractivity contribution in [2.45, 2.75) is 46.0 Å². The van der Waals surface area contributed by atoms with Gasteiger partial charge < -0.3 is 28.4 Å². The molecule has 10 heteroatoms. The lowest BCUT2D eigenvalue weighted by Crippen LogP contribution is -2.46. The Bertz CT molecular complexity index is 1130. The summed E-state index contributed by atoms with van der Waals surface area (Å²) in [7, 11) is 0. The summed E-state index contributed by atoms with van der Waals surface area (Å²) >= 11 is 0. The summed E-state index contributed by atoms with van der Waals surface area (Å²) in [5.74, 6) is -1.82. The van der Waals surface area contributed by atoms with Crippen molar-refractivity contribution in [1.29, 1.82) is 0 Å². The minimum absolute atomic E-state index is 0.0874. The molecule has 10 nitrogen and oxygen atoms in total. The molecule has 0 atom stereocenters. The molecular formula is C33H40O10. The fourth-order valence-electron chi connectivity index (χ4n) is 4.53. The third kappa shape index (κ3) is 8.64. The summed E-state index contributed by atoms with van der Waals surface area (Å²) in [5.41, 5.74) is 1.26. The predicted octanol–water partition coefficient (Wildman–Crippen LogP) is 5.04. The number of benzene rings is 2. The van der Waals surface area contributed by atoms with Crippen LogP contribution in [0.4, 0.5) is 0 Å². The number of hydrogen-bond donors (Lipinski definition) is 0. The van der Waals surface area contributed by atoms with Crippen LogP contribution in [0.5, 0.6) is 0 Å². The second-order valence-electron chi connectivity index (χ2n) is 11.3. The molecule has 0 N–H and O–H groups in total. The third-order valence-corrected chi connectivity index (χ3v) is 8.12. The van der Waals surface area contributed by atoms with Crippen molar-refractivity contribution in [3.8, 4) is 0 Å². The van der Waals surface area contributed by atoms with Crippen molar-refractivity contribution < 1.29 is 47.6 Å². The first-order valence-corrected chi connectivity index (χ1v) is 14.8. The standard InChI is InChI=1S/C33H40O10/c1-3-32(18-38-19-32)22-42-30(36)26-12-8-24(9-13-26)28(34)40-16-6-5-7-17-41-29(35)25-10-14-27(15-11-25)31(37)43-23-33(4-2)20-39-21-33/h8-15H,3-7,16-23H2,1-2H3. The van der Waals surface area contributed by atoms with E-state index in [0.29, 0.717) is 81.2 Å². The van der Waals surface area contributed by atoms with Crippen LogP contribution in [-0.4, -0.2) is 76.7 Å². The van der Waals surface area contributed by atoms with Gasteiger partial charge in [-0.3, -0.25) is 0 Å². The Balaban J connectivity index is 1.07. The Hall–Kier alpha value is -3.76. The van der Waals surface area contributed by atoms with Crippen molar-refractivity contribution in [2.75, 3.05) is 52.9 Å². The van der Waals surface area contributed by atoms with Gasteiger partial charge in [0.25, 0.3) is 0 Å². The average Bonchev–Trinajstić information content (AvgIpc) is 2.99. The highest BCUT2D eigenvalue weighted by atomic mass is 16.6. The molecule has 0 aromatic heterocycles. The Labute approximate surface area is 251 Å². The minimum Gasteiger partial charge on any atom is -0.462 e. The topological polar surface area (TPSA) is 124 Å². The van der Waals surface area contributed by atoms with E-state index in [-0.39, 0.29) is 24.0 Å². The van der Waals surface area contributed by atoms with Crippen LogP contribution < -0.4 is 0 Å². The van der Waals surface area contributed by atoms with Gasteiger partial charge in [0, 0.05) is 0 Å². The summed E-state index contributed by atoms with van der Waals surface area (Å²) in [4.78, 5) is 49.3. The summed E-state index contributed by atoms with van der Waals surface area (Å²) in [6.07, 6.45) is 3.67. The molecule has 0 amide bonds. The SMILES string of the molecule is CCC1(COC(=O)c2ccc(C(=O)OCCCCCOC(=O)c3ccc(C(=O)OCC4(CC)COC4)cc3)cc2)COC1. The van der Waals surface area contributed by atoms with Gasteiger partial charge in [0.1, 0.15) is 13.2 Å². The van der Waals surface area contributed by atoms with Crippen LogP contribution in [0.1, 0.15) is 87.4 Å². The van der Waals surface area contributed by atoms with E-state index in [9.17, 15) is 19.2 Å². The molecule has 0 aliphatic carbocycles. The maximum absolute atomic E-state index is 12.3. The van der Waals surface area contributed by atoms with Crippen molar-refractivity contribution >= 4 is 23.9 Å². The summed E-state index contributed by atoms with van der Waals surface area (Å²) in [6, 6.07) is 12.4. The molecule has 2 fully saturated rings. The van der Waals surface area contributed by atoms with Gasteiger partial charge in [0.2, 0.25) is 0 Å². The van der Waals surface area contributed by atoms with Crippen molar-refractivity contribution in [1.82, 2.24) is 0 Å². The van der Waals surface area contributed by atoms with Crippen molar-refractivity contribution in [2.24, 2.45) is 10.8 Å². The Kier molecular flexibility index (Phi) is 11.3. The van der Waals surface area contributed by atoms with E-state index in [1.807, 2.05) is 13.8 Å². The van der Waals surface area contributed by atoms with E-state index in [1.54, 1.807) is 48.5 Å². The lowest BCUT2D eigenvalue weighted by molar-refractivity contribution is -0.140. The highest BCUT2D eigenvalue weighted by Gasteiger charge is 2.39. The predicted molar refractivity (Wildman–Crippen MR) is 155 cm³/mol. The number of esters is 4.